The van der Waals surface area contributed by atoms with Crippen molar-refractivity contribution in [3.63, 3.8) is 0 Å². The summed E-state index contributed by atoms with van der Waals surface area (Å²) in [6.07, 6.45) is 2.81. The van der Waals surface area contributed by atoms with E-state index in [1.165, 1.54) is 5.56 Å². The van der Waals surface area contributed by atoms with E-state index < -0.39 is 0 Å². The Morgan fingerprint density at radius 1 is 1.12 bits per heavy atom. The fourth-order valence-corrected chi connectivity index (χ4v) is 2.79. The van der Waals surface area contributed by atoms with Gasteiger partial charge >= 0.3 is 0 Å². The Morgan fingerprint density at radius 3 is 2.56 bits per heavy atom. The lowest BCUT2D eigenvalue weighted by Gasteiger charge is -2.05. The van der Waals surface area contributed by atoms with Crippen molar-refractivity contribution in [2.24, 2.45) is 0 Å². The van der Waals surface area contributed by atoms with Crippen LogP contribution < -0.4 is 11.1 Å². The van der Waals surface area contributed by atoms with Gasteiger partial charge in [-0.15, -0.1) is 12.4 Å². The fraction of sp³-hybridized carbons (Fsp3) is 0.250. The van der Waals surface area contributed by atoms with E-state index in [2.05, 4.69) is 18.3 Å². The minimum Gasteiger partial charge on any atom is -0.464 e. The molecule has 0 saturated carbocycles. The van der Waals surface area contributed by atoms with Gasteiger partial charge < -0.3 is 15.5 Å². The summed E-state index contributed by atoms with van der Waals surface area (Å²) < 4.78 is 5.65. The van der Waals surface area contributed by atoms with Gasteiger partial charge in [0.2, 0.25) is 5.91 Å². The van der Waals surface area contributed by atoms with Gasteiger partial charge in [0.05, 0.1) is 12.7 Å². The quantitative estimate of drug-likeness (QED) is 0.678. The minimum atomic E-state index is 0. The monoisotopic (exact) mass is 358 g/mol. The summed E-state index contributed by atoms with van der Waals surface area (Å²) in [6, 6.07) is 11.8. The van der Waals surface area contributed by atoms with Crippen LogP contribution in [0.1, 0.15) is 22.3 Å². The largest absolute Gasteiger partial charge is 0.464 e. The highest BCUT2D eigenvalue weighted by molar-refractivity contribution is 5.89. The van der Waals surface area contributed by atoms with Gasteiger partial charge in [0.25, 0.3) is 0 Å². The summed E-state index contributed by atoms with van der Waals surface area (Å²) in [5.74, 6) is 0.00590. The number of aryl methyl sites for hydroxylation is 2. The average molecular weight is 359 g/mol. The van der Waals surface area contributed by atoms with E-state index in [4.69, 9.17) is 10.2 Å². The third-order valence-electron chi connectivity index (χ3n) is 4.41. The lowest BCUT2D eigenvalue weighted by molar-refractivity contribution is -0.120. The van der Waals surface area contributed by atoms with Crippen LogP contribution in [0.15, 0.2) is 47.1 Å². The number of nitrogens with one attached hydrogen (secondary N) is 1. The summed E-state index contributed by atoms with van der Waals surface area (Å²) in [7, 11) is 0. The highest BCUT2D eigenvalue weighted by Crippen LogP contribution is 2.26. The normalized spacial score (nSPS) is 10.5. The van der Waals surface area contributed by atoms with Crippen molar-refractivity contribution in [2.45, 2.75) is 26.7 Å². The number of carbonyl (C=O) groups excluding carboxylic acids is 1. The lowest BCUT2D eigenvalue weighted by atomic mass is 10.0. The van der Waals surface area contributed by atoms with Crippen molar-refractivity contribution in [3.8, 4) is 0 Å². The molecule has 3 aromatic rings. The molecule has 0 fully saturated rings. The van der Waals surface area contributed by atoms with Gasteiger partial charge in [0, 0.05) is 23.2 Å². The Labute approximate surface area is 153 Å². The van der Waals surface area contributed by atoms with Crippen molar-refractivity contribution < 1.29 is 9.21 Å². The number of benzene rings is 2. The molecule has 0 aliphatic carbocycles. The topological polar surface area (TPSA) is 68.3 Å². The molecule has 5 heteroatoms. The number of carbonyl (C=O) groups is 1. The zero-order valence-corrected chi connectivity index (χ0v) is 15.3. The van der Waals surface area contributed by atoms with Crippen LogP contribution in [0.3, 0.4) is 0 Å². The predicted molar refractivity (Wildman–Crippen MR) is 104 cm³/mol. The number of amides is 1. The minimum absolute atomic E-state index is 0. The van der Waals surface area contributed by atoms with Crippen molar-refractivity contribution in [2.75, 3.05) is 12.3 Å². The van der Waals surface area contributed by atoms with Crippen molar-refractivity contribution in [3.05, 3.63) is 64.9 Å². The predicted octanol–water partition coefficient (Wildman–Crippen LogP) is 3.96. The van der Waals surface area contributed by atoms with E-state index in [0.29, 0.717) is 13.0 Å². The van der Waals surface area contributed by atoms with E-state index in [1.807, 2.05) is 37.3 Å². The molecule has 0 spiro atoms. The number of nitrogens with two attached hydrogens (primary N) is 1. The van der Waals surface area contributed by atoms with Gasteiger partial charge in [0.1, 0.15) is 5.58 Å². The molecule has 0 aliphatic rings. The molecular weight excluding hydrogens is 336 g/mol. The van der Waals surface area contributed by atoms with Crippen molar-refractivity contribution in [1.29, 1.82) is 0 Å². The second-order valence-electron chi connectivity index (χ2n) is 6.16. The molecule has 0 unspecified atom stereocenters. The van der Waals surface area contributed by atoms with Crippen LogP contribution >= 0.6 is 12.4 Å². The Bertz CT molecular complexity index is 869. The SMILES string of the molecule is Cc1ccc2c(CC(=O)NCCc3ccc(N)cc3)coc2c1C.Cl. The molecule has 1 amide bonds. The Hall–Kier alpha value is -2.46. The maximum atomic E-state index is 12.2. The van der Waals surface area contributed by atoms with Gasteiger partial charge in [0.15, 0.2) is 0 Å². The Balaban J connectivity index is 0.00000225. The van der Waals surface area contributed by atoms with Crippen LogP contribution in [-0.2, 0) is 17.6 Å². The van der Waals surface area contributed by atoms with Crippen LogP contribution in [0.5, 0.6) is 0 Å². The molecule has 132 valence electrons. The number of furan rings is 1. The first-order valence-corrected chi connectivity index (χ1v) is 8.12. The molecule has 2 aromatic carbocycles. The molecule has 0 radical (unpaired) electrons. The zero-order valence-electron chi connectivity index (χ0n) is 14.5. The van der Waals surface area contributed by atoms with Crippen LogP contribution in [0, 0.1) is 13.8 Å². The summed E-state index contributed by atoms with van der Waals surface area (Å²) in [5, 5.41) is 3.98. The first-order chi connectivity index (χ1) is 11.5. The second kappa shape index (κ2) is 8.08. The van der Waals surface area contributed by atoms with E-state index in [0.717, 1.165) is 39.8 Å². The van der Waals surface area contributed by atoms with E-state index >= 15 is 0 Å². The molecule has 0 bridgehead atoms. The molecule has 3 N–H and O–H groups in total. The highest BCUT2D eigenvalue weighted by Gasteiger charge is 2.12. The summed E-state index contributed by atoms with van der Waals surface area (Å²) in [5.41, 5.74) is 11.7. The molecule has 25 heavy (non-hydrogen) atoms. The third-order valence-corrected chi connectivity index (χ3v) is 4.41. The van der Waals surface area contributed by atoms with Gasteiger partial charge in [-0.2, -0.15) is 0 Å². The summed E-state index contributed by atoms with van der Waals surface area (Å²) in [4.78, 5) is 12.2. The van der Waals surface area contributed by atoms with Gasteiger partial charge in [-0.25, -0.2) is 0 Å². The molecule has 3 rings (SSSR count). The van der Waals surface area contributed by atoms with E-state index in [9.17, 15) is 4.79 Å². The number of nitrogen functional groups attached to an aromatic ring is 1. The smallest absolute Gasteiger partial charge is 0.224 e. The van der Waals surface area contributed by atoms with Crippen LogP contribution in [0.25, 0.3) is 11.0 Å². The summed E-state index contributed by atoms with van der Waals surface area (Å²) >= 11 is 0. The number of rotatable bonds is 5. The van der Waals surface area contributed by atoms with Gasteiger partial charge in [-0.3, -0.25) is 4.79 Å². The average Bonchev–Trinajstić information content (AvgIpc) is 2.96. The molecule has 1 aromatic heterocycles. The number of anilines is 1. The summed E-state index contributed by atoms with van der Waals surface area (Å²) in [6.45, 7) is 4.70. The fourth-order valence-electron chi connectivity index (χ4n) is 2.79. The molecule has 0 aliphatic heterocycles. The van der Waals surface area contributed by atoms with E-state index in [1.54, 1.807) is 6.26 Å². The maximum absolute atomic E-state index is 12.2. The number of fused-ring (bicyclic) bond motifs is 1. The standard InChI is InChI=1S/C20H22N2O2.ClH/c1-13-3-8-18-16(12-24-20(18)14(13)2)11-19(23)22-10-9-15-4-6-17(21)7-5-15;/h3-8,12H,9-11,21H2,1-2H3,(H,22,23);1H. The van der Waals surface area contributed by atoms with Crippen LogP contribution in [-0.4, -0.2) is 12.5 Å². The molecule has 0 saturated heterocycles. The molecular formula is C20H23ClN2O2. The second-order valence-corrected chi connectivity index (χ2v) is 6.16. The zero-order chi connectivity index (χ0) is 17.1. The Kier molecular flexibility index (Phi) is 6.10. The Morgan fingerprint density at radius 2 is 1.84 bits per heavy atom. The van der Waals surface area contributed by atoms with Crippen LogP contribution in [0.2, 0.25) is 0 Å². The van der Waals surface area contributed by atoms with Gasteiger partial charge in [-0.05, 0) is 49.1 Å². The van der Waals surface area contributed by atoms with E-state index in [-0.39, 0.29) is 18.3 Å². The molecule has 0 atom stereocenters. The first-order valence-electron chi connectivity index (χ1n) is 8.12. The highest BCUT2D eigenvalue weighted by atomic mass is 35.5. The number of hydrogen-bond acceptors (Lipinski definition) is 3. The van der Waals surface area contributed by atoms with Gasteiger partial charge in [-0.1, -0.05) is 24.3 Å². The molecule has 4 nitrogen and oxygen atoms in total. The number of halogens is 1. The number of hydrogen-bond donors (Lipinski definition) is 2. The van der Waals surface area contributed by atoms with Crippen molar-refractivity contribution >= 4 is 35.0 Å². The van der Waals surface area contributed by atoms with Crippen molar-refractivity contribution in [1.82, 2.24) is 5.32 Å². The third kappa shape index (κ3) is 4.34. The maximum Gasteiger partial charge on any atom is 0.224 e. The first kappa shape index (κ1) is 18.9. The van der Waals surface area contributed by atoms with Crippen LogP contribution in [0.4, 0.5) is 5.69 Å². The lowest BCUT2D eigenvalue weighted by Crippen LogP contribution is -2.27. The molecule has 1 heterocycles.